The number of benzene rings is 2. The molecule has 0 aliphatic rings. The van der Waals surface area contributed by atoms with Crippen molar-refractivity contribution in [2.24, 2.45) is 0 Å². The molecular formula is C19H24N2O3. The fourth-order valence-electron chi connectivity index (χ4n) is 2.39. The summed E-state index contributed by atoms with van der Waals surface area (Å²) < 4.78 is 10.5. The number of rotatable bonds is 8. The number of anilines is 1. The summed E-state index contributed by atoms with van der Waals surface area (Å²) in [5.41, 5.74) is 1.85. The molecule has 2 aromatic rings. The molecule has 128 valence electrons. The van der Waals surface area contributed by atoms with Crippen LogP contribution in [0.5, 0.6) is 11.5 Å². The maximum absolute atomic E-state index is 12.2. The van der Waals surface area contributed by atoms with Crippen molar-refractivity contribution >= 4 is 11.6 Å². The lowest BCUT2D eigenvalue weighted by atomic mass is 10.2. The first-order valence-corrected chi connectivity index (χ1v) is 7.86. The second-order valence-corrected chi connectivity index (χ2v) is 5.59. The first kappa shape index (κ1) is 17.8. The molecule has 0 aliphatic carbocycles. The molecule has 2 aromatic carbocycles. The highest BCUT2D eigenvalue weighted by atomic mass is 16.5. The minimum atomic E-state index is -0.0542. The number of hydrogen-bond acceptors (Lipinski definition) is 4. The molecule has 24 heavy (non-hydrogen) atoms. The molecule has 0 spiro atoms. The molecule has 0 bridgehead atoms. The van der Waals surface area contributed by atoms with Gasteiger partial charge in [-0.3, -0.25) is 4.79 Å². The van der Waals surface area contributed by atoms with E-state index in [-0.39, 0.29) is 5.91 Å². The Labute approximate surface area is 143 Å². The third-order valence-electron chi connectivity index (χ3n) is 3.70. The number of nitrogens with zero attached hydrogens (tertiary/aromatic N) is 1. The summed E-state index contributed by atoms with van der Waals surface area (Å²) in [6.07, 6.45) is 0.406. The molecule has 5 heteroatoms. The minimum Gasteiger partial charge on any atom is -0.497 e. The molecule has 0 fully saturated rings. The fraction of sp³-hybridized carbons (Fsp3) is 0.316. The number of carbonyl (C=O) groups excluding carboxylic acids is 1. The molecule has 0 saturated carbocycles. The molecule has 0 aromatic heterocycles. The van der Waals surface area contributed by atoms with Crippen LogP contribution in [0.25, 0.3) is 0 Å². The quantitative estimate of drug-likeness (QED) is 0.809. The van der Waals surface area contributed by atoms with Crippen molar-refractivity contribution in [3.63, 3.8) is 0 Å². The molecule has 2 rings (SSSR count). The lowest BCUT2D eigenvalue weighted by Gasteiger charge is -2.17. The van der Waals surface area contributed by atoms with Crippen LogP contribution in [-0.4, -0.2) is 38.6 Å². The van der Waals surface area contributed by atoms with Crippen LogP contribution in [0.2, 0.25) is 0 Å². The topological polar surface area (TPSA) is 50.8 Å². The van der Waals surface area contributed by atoms with Gasteiger partial charge in [-0.25, -0.2) is 0 Å². The summed E-state index contributed by atoms with van der Waals surface area (Å²) in [5.74, 6) is 1.23. The van der Waals surface area contributed by atoms with Gasteiger partial charge >= 0.3 is 0 Å². The van der Waals surface area contributed by atoms with Crippen molar-refractivity contribution < 1.29 is 14.3 Å². The molecule has 0 heterocycles. The lowest BCUT2D eigenvalue weighted by Crippen LogP contribution is -2.24. The Kier molecular flexibility index (Phi) is 6.63. The van der Waals surface area contributed by atoms with Gasteiger partial charge in [-0.15, -0.1) is 0 Å². The normalized spacial score (nSPS) is 10.5. The van der Waals surface area contributed by atoms with Gasteiger partial charge < -0.3 is 19.7 Å². The zero-order valence-electron chi connectivity index (χ0n) is 14.4. The first-order chi connectivity index (χ1) is 11.6. The summed E-state index contributed by atoms with van der Waals surface area (Å²) in [6.45, 7) is 1.49. The molecule has 0 aliphatic heterocycles. The van der Waals surface area contributed by atoms with E-state index >= 15 is 0 Å². The monoisotopic (exact) mass is 328 g/mol. The van der Waals surface area contributed by atoms with Crippen molar-refractivity contribution in [3.8, 4) is 11.5 Å². The van der Waals surface area contributed by atoms with Crippen LogP contribution < -0.4 is 14.8 Å². The van der Waals surface area contributed by atoms with E-state index < -0.39 is 0 Å². The number of methoxy groups -OCH3 is 2. The van der Waals surface area contributed by atoms with Gasteiger partial charge in [0.25, 0.3) is 0 Å². The highest BCUT2D eigenvalue weighted by Crippen LogP contribution is 2.28. The van der Waals surface area contributed by atoms with Gasteiger partial charge in [-0.05, 0) is 24.7 Å². The zero-order valence-corrected chi connectivity index (χ0v) is 14.4. The highest BCUT2D eigenvalue weighted by Gasteiger charge is 2.10. The molecule has 0 radical (unpaired) electrons. The van der Waals surface area contributed by atoms with Crippen LogP contribution in [0.1, 0.15) is 12.0 Å². The van der Waals surface area contributed by atoms with Crippen LogP contribution in [-0.2, 0) is 11.3 Å². The molecule has 0 atom stereocenters. The van der Waals surface area contributed by atoms with Crippen LogP contribution >= 0.6 is 0 Å². The third-order valence-corrected chi connectivity index (χ3v) is 3.70. The van der Waals surface area contributed by atoms with Crippen molar-refractivity contribution in [1.82, 2.24) is 4.90 Å². The van der Waals surface area contributed by atoms with Crippen molar-refractivity contribution in [1.29, 1.82) is 0 Å². The third kappa shape index (κ3) is 5.28. The molecular weight excluding hydrogens is 304 g/mol. The Morgan fingerprint density at radius 2 is 1.83 bits per heavy atom. The van der Waals surface area contributed by atoms with E-state index in [2.05, 4.69) is 22.3 Å². The summed E-state index contributed by atoms with van der Waals surface area (Å²) in [6, 6.07) is 15.5. The highest BCUT2D eigenvalue weighted by molar-refractivity contribution is 5.92. The standard InChI is InChI=1S/C19H24N2O3/c1-21(14-15-7-5-4-6-8-15)12-11-19(22)20-17-13-16(23-2)9-10-18(17)24-3/h4-10,13H,11-12,14H2,1-3H3,(H,20,22). The average Bonchev–Trinajstić information content (AvgIpc) is 2.60. The molecule has 0 unspecified atom stereocenters. The Morgan fingerprint density at radius 3 is 2.50 bits per heavy atom. The lowest BCUT2D eigenvalue weighted by molar-refractivity contribution is -0.116. The van der Waals surface area contributed by atoms with Crippen LogP contribution in [0.3, 0.4) is 0 Å². The summed E-state index contributed by atoms with van der Waals surface area (Å²) in [4.78, 5) is 14.3. The molecule has 1 amide bonds. The van der Waals surface area contributed by atoms with Gasteiger partial charge in [-0.2, -0.15) is 0 Å². The van der Waals surface area contributed by atoms with Gasteiger partial charge in [0, 0.05) is 25.6 Å². The van der Waals surface area contributed by atoms with Crippen molar-refractivity contribution in [3.05, 3.63) is 54.1 Å². The van der Waals surface area contributed by atoms with E-state index in [1.807, 2.05) is 25.2 Å². The number of ether oxygens (including phenoxy) is 2. The number of hydrogen-bond donors (Lipinski definition) is 1. The SMILES string of the molecule is COc1ccc(OC)c(NC(=O)CCN(C)Cc2ccccc2)c1. The second-order valence-electron chi connectivity index (χ2n) is 5.59. The maximum Gasteiger partial charge on any atom is 0.225 e. The van der Waals surface area contributed by atoms with E-state index in [1.54, 1.807) is 32.4 Å². The van der Waals surface area contributed by atoms with E-state index in [0.717, 1.165) is 6.54 Å². The van der Waals surface area contributed by atoms with Crippen molar-refractivity contribution in [2.45, 2.75) is 13.0 Å². The minimum absolute atomic E-state index is 0.0542. The van der Waals surface area contributed by atoms with Gasteiger partial charge in [0.1, 0.15) is 11.5 Å². The number of carbonyl (C=O) groups is 1. The largest absolute Gasteiger partial charge is 0.497 e. The smallest absolute Gasteiger partial charge is 0.225 e. The maximum atomic E-state index is 12.2. The van der Waals surface area contributed by atoms with Crippen molar-refractivity contribution in [2.75, 3.05) is 33.1 Å². The van der Waals surface area contributed by atoms with Gasteiger partial charge in [0.15, 0.2) is 0 Å². The van der Waals surface area contributed by atoms with E-state index in [4.69, 9.17) is 9.47 Å². The average molecular weight is 328 g/mol. The van der Waals surface area contributed by atoms with Gasteiger partial charge in [0.2, 0.25) is 5.91 Å². The summed E-state index contributed by atoms with van der Waals surface area (Å²) >= 11 is 0. The predicted octanol–water partition coefficient (Wildman–Crippen LogP) is 3.16. The summed E-state index contributed by atoms with van der Waals surface area (Å²) in [5, 5.41) is 2.88. The number of nitrogens with one attached hydrogen (secondary N) is 1. The van der Waals surface area contributed by atoms with E-state index in [9.17, 15) is 4.79 Å². The molecule has 1 N–H and O–H groups in total. The van der Waals surface area contributed by atoms with Gasteiger partial charge in [0.05, 0.1) is 19.9 Å². The van der Waals surface area contributed by atoms with E-state index in [1.165, 1.54) is 5.56 Å². The van der Waals surface area contributed by atoms with Crippen LogP contribution in [0, 0.1) is 0 Å². The zero-order chi connectivity index (χ0) is 17.4. The van der Waals surface area contributed by atoms with Crippen LogP contribution in [0.15, 0.2) is 48.5 Å². The Hall–Kier alpha value is -2.53. The van der Waals surface area contributed by atoms with Gasteiger partial charge in [-0.1, -0.05) is 30.3 Å². The number of amides is 1. The summed E-state index contributed by atoms with van der Waals surface area (Å²) in [7, 11) is 5.17. The molecule has 5 nitrogen and oxygen atoms in total. The predicted molar refractivity (Wildman–Crippen MR) is 95.6 cm³/mol. The molecule has 0 saturated heterocycles. The Bertz CT molecular complexity index is 659. The Balaban J connectivity index is 1.87. The van der Waals surface area contributed by atoms with E-state index in [0.29, 0.717) is 30.2 Å². The first-order valence-electron chi connectivity index (χ1n) is 7.86. The fourth-order valence-corrected chi connectivity index (χ4v) is 2.39. The van der Waals surface area contributed by atoms with Crippen LogP contribution in [0.4, 0.5) is 5.69 Å². The second kappa shape index (κ2) is 8.93. The Morgan fingerprint density at radius 1 is 1.08 bits per heavy atom.